The minimum absolute atomic E-state index is 0.114. The summed E-state index contributed by atoms with van der Waals surface area (Å²) >= 11 is 0. The van der Waals surface area contributed by atoms with E-state index in [9.17, 15) is 4.79 Å². The van der Waals surface area contributed by atoms with Gasteiger partial charge in [-0.3, -0.25) is 4.79 Å². The predicted molar refractivity (Wildman–Crippen MR) is 65.4 cm³/mol. The fourth-order valence-corrected chi connectivity index (χ4v) is 1.47. The smallest absolute Gasteiger partial charge is 0.290 e. The Balaban J connectivity index is 2.51. The van der Waals surface area contributed by atoms with Gasteiger partial charge in [-0.05, 0) is 24.8 Å². The minimum atomic E-state index is -0.183. The maximum atomic E-state index is 11.3. The Morgan fingerprint density at radius 1 is 1.56 bits per heavy atom. The van der Waals surface area contributed by atoms with Crippen molar-refractivity contribution in [3.8, 4) is 0 Å². The second-order valence-corrected chi connectivity index (χ2v) is 4.68. The molecule has 0 aliphatic heterocycles. The van der Waals surface area contributed by atoms with Crippen molar-refractivity contribution in [2.45, 2.75) is 26.7 Å². The molecule has 0 atom stereocenters. The van der Waals surface area contributed by atoms with Gasteiger partial charge in [-0.1, -0.05) is 13.8 Å². The maximum absolute atomic E-state index is 11.3. The third-order valence-corrected chi connectivity index (χ3v) is 2.50. The lowest BCUT2D eigenvalue weighted by Gasteiger charge is -2.24. The lowest BCUT2D eigenvalue weighted by Crippen LogP contribution is -2.27. The second kappa shape index (κ2) is 5.65. The zero-order valence-electron chi connectivity index (χ0n) is 9.92. The molecule has 5 heteroatoms. The number of H-pyrrole nitrogens is 1. The van der Waals surface area contributed by atoms with E-state index in [2.05, 4.69) is 29.1 Å². The molecule has 1 aromatic heterocycles. The molecule has 0 radical (unpaired) electrons. The fraction of sp³-hybridized carbons (Fsp3) is 0.636. The summed E-state index contributed by atoms with van der Waals surface area (Å²) in [6.07, 6.45) is 5.11. The molecule has 0 amide bonds. The molecule has 1 rings (SSSR count). The molecule has 1 aromatic rings. The van der Waals surface area contributed by atoms with E-state index in [-0.39, 0.29) is 11.0 Å². The first-order chi connectivity index (χ1) is 7.55. The van der Waals surface area contributed by atoms with Crippen LogP contribution in [0.25, 0.3) is 0 Å². The van der Waals surface area contributed by atoms with Crippen molar-refractivity contribution in [3.63, 3.8) is 0 Å². The predicted octanol–water partition coefficient (Wildman–Crippen LogP) is 0.947. The van der Waals surface area contributed by atoms with Crippen molar-refractivity contribution < 1.29 is 0 Å². The topological polar surface area (TPSA) is 83.8 Å². The van der Waals surface area contributed by atoms with Crippen molar-refractivity contribution in [1.82, 2.24) is 9.97 Å². The molecule has 90 valence electrons. The molecule has 0 saturated heterocycles. The highest BCUT2D eigenvalue weighted by atomic mass is 16.1. The number of nitrogens with one attached hydrogen (secondary N) is 2. The van der Waals surface area contributed by atoms with Crippen molar-refractivity contribution in [2.75, 3.05) is 18.4 Å². The van der Waals surface area contributed by atoms with Crippen LogP contribution in [-0.2, 0) is 0 Å². The summed E-state index contributed by atoms with van der Waals surface area (Å²) in [5.41, 5.74) is 5.41. The van der Waals surface area contributed by atoms with Crippen LogP contribution in [0.5, 0.6) is 0 Å². The summed E-state index contributed by atoms with van der Waals surface area (Å²) in [5.74, 6) is 0.378. The van der Waals surface area contributed by atoms with Gasteiger partial charge < -0.3 is 16.0 Å². The van der Waals surface area contributed by atoms with Crippen LogP contribution >= 0.6 is 0 Å². The van der Waals surface area contributed by atoms with Gasteiger partial charge in [-0.2, -0.15) is 0 Å². The van der Waals surface area contributed by atoms with Crippen LogP contribution in [0.3, 0.4) is 0 Å². The number of hydrogen-bond acceptors (Lipinski definition) is 4. The Bertz CT molecular complexity index is 372. The van der Waals surface area contributed by atoms with E-state index in [4.69, 9.17) is 5.73 Å². The Labute approximate surface area is 95.5 Å². The van der Waals surface area contributed by atoms with Crippen LogP contribution in [0.1, 0.15) is 26.7 Å². The second-order valence-electron chi connectivity index (χ2n) is 4.68. The summed E-state index contributed by atoms with van der Waals surface area (Å²) in [6.45, 7) is 5.71. The molecule has 4 N–H and O–H groups in total. The summed E-state index contributed by atoms with van der Waals surface area (Å²) in [5, 5.41) is 3.07. The molecule has 0 unspecified atom stereocenters. The first-order valence-electron chi connectivity index (χ1n) is 5.53. The SMILES string of the molecule is CC(C)(CCCN)CNc1ncc[nH]c1=O. The van der Waals surface area contributed by atoms with Crippen LogP contribution in [0.4, 0.5) is 5.82 Å². The first-order valence-corrected chi connectivity index (χ1v) is 5.53. The molecule has 0 saturated carbocycles. The Kier molecular flexibility index (Phi) is 4.49. The van der Waals surface area contributed by atoms with E-state index >= 15 is 0 Å². The standard InChI is InChI=1S/C11H20N4O/c1-11(2,4-3-5-12)8-15-9-10(16)14-7-6-13-9/h6-7H,3-5,8,12H2,1-2H3,(H,13,15)(H,14,16). The lowest BCUT2D eigenvalue weighted by atomic mass is 9.88. The molecule has 0 aromatic carbocycles. The highest BCUT2D eigenvalue weighted by Gasteiger charge is 2.17. The van der Waals surface area contributed by atoms with E-state index < -0.39 is 0 Å². The monoisotopic (exact) mass is 224 g/mol. The van der Waals surface area contributed by atoms with E-state index in [1.54, 1.807) is 6.20 Å². The third-order valence-electron chi connectivity index (χ3n) is 2.50. The zero-order chi connectivity index (χ0) is 12.0. The number of hydrogen-bond donors (Lipinski definition) is 3. The largest absolute Gasteiger partial charge is 0.365 e. The van der Waals surface area contributed by atoms with Crippen LogP contribution in [-0.4, -0.2) is 23.1 Å². The third kappa shape index (κ3) is 4.02. The summed E-state index contributed by atoms with van der Waals surface area (Å²) < 4.78 is 0. The van der Waals surface area contributed by atoms with E-state index in [1.165, 1.54) is 6.20 Å². The first kappa shape index (κ1) is 12.7. The van der Waals surface area contributed by atoms with E-state index in [0.29, 0.717) is 18.9 Å². The number of anilines is 1. The lowest BCUT2D eigenvalue weighted by molar-refractivity contribution is 0.350. The molecule has 0 bridgehead atoms. The molecule has 5 nitrogen and oxygen atoms in total. The highest BCUT2D eigenvalue weighted by molar-refractivity contribution is 5.30. The van der Waals surface area contributed by atoms with Crippen LogP contribution in [0.15, 0.2) is 17.2 Å². The number of aromatic nitrogens is 2. The summed E-state index contributed by atoms with van der Waals surface area (Å²) in [7, 11) is 0. The van der Waals surface area contributed by atoms with Gasteiger partial charge in [0, 0.05) is 18.9 Å². The molecule has 16 heavy (non-hydrogen) atoms. The Hall–Kier alpha value is -1.36. The number of nitrogens with zero attached hydrogens (tertiary/aromatic N) is 1. The highest BCUT2D eigenvalue weighted by Crippen LogP contribution is 2.21. The van der Waals surface area contributed by atoms with Gasteiger partial charge in [0.2, 0.25) is 0 Å². The van der Waals surface area contributed by atoms with Crippen LogP contribution in [0, 0.1) is 5.41 Å². The number of rotatable bonds is 6. The van der Waals surface area contributed by atoms with Crippen molar-refractivity contribution in [1.29, 1.82) is 0 Å². The van der Waals surface area contributed by atoms with E-state index in [0.717, 1.165) is 12.8 Å². The molecule has 0 spiro atoms. The normalized spacial score (nSPS) is 11.4. The Morgan fingerprint density at radius 3 is 2.94 bits per heavy atom. The number of nitrogens with two attached hydrogens (primary N) is 1. The molecule has 0 aliphatic carbocycles. The molecule has 0 aliphatic rings. The average molecular weight is 224 g/mol. The average Bonchev–Trinajstić information content (AvgIpc) is 2.26. The van der Waals surface area contributed by atoms with E-state index in [1.807, 2.05) is 0 Å². The van der Waals surface area contributed by atoms with Crippen LogP contribution < -0.4 is 16.6 Å². The molecular formula is C11H20N4O. The zero-order valence-corrected chi connectivity index (χ0v) is 9.92. The molecule has 0 fully saturated rings. The summed E-state index contributed by atoms with van der Waals surface area (Å²) in [4.78, 5) is 17.9. The minimum Gasteiger partial charge on any atom is -0.365 e. The van der Waals surface area contributed by atoms with Crippen molar-refractivity contribution >= 4 is 5.82 Å². The van der Waals surface area contributed by atoms with Gasteiger partial charge in [-0.25, -0.2) is 4.98 Å². The van der Waals surface area contributed by atoms with Crippen molar-refractivity contribution in [2.24, 2.45) is 11.1 Å². The maximum Gasteiger partial charge on any atom is 0.290 e. The quantitative estimate of drug-likeness (QED) is 0.671. The van der Waals surface area contributed by atoms with Gasteiger partial charge in [0.1, 0.15) is 0 Å². The van der Waals surface area contributed by atoms with Gasteiger partial charge in [0.15, 0.2) is 5.82 Å². The Morgan fingerprint density at radius 2 is 2.31 bits per heavy atom. The van der Waals surface area contributed by atoms with Crippen LogP contribution in [0.2, 0.25) is 0 Å². The fourth-order valence-electron chi connectivity index (χ4n) is 1.47. The molecular weight excluding hydrogens is 204 g/mol. The van der Waals surface area contributed by atoms with Gasteiger partial charge >= 0.3 is 0 Å². The van der Waals surface area contributed by atoms with Gasteiger partial charge in [0.25, 0.3) is 5.56 Å². The molecule has 1 heterocycles. The number of aromatic amines is 1. The van der Waals surface area contributed by atoms with Gasteiger partial charge in [-0.15, -0.1) is 0 Å². The van der Waals surface area contributed by atoms with Crippen molar-refractivity contribution in [3.05, 3.63) is 22.7 Å². The van der Waals surface area contributed by atoms with Gasteiger partial charge in [0.05, 0.1) is 0 Å². The summed E-state index contributed by atoms with van der Waals surface area (Å²) in [6, 6.07) is 0.